The summed E-state index contributed by atoms with van der Waals surface area (Å²) in [6, 6.07) is 16.4. The number of sulfonamides is 1. The van der Waals surface area contributed by atoms with E-state index < -0.39 is 10.0 Å². The molecule has 1 aliphatic carbocycles. The molecule has 2 aromatic rings. The van der Waals surface area contributed by atoms with Gasteiger partial charge in [-0.15, -0.1) is 0 Å². The van der Waals surface area contributed by atoms with Gasteiger partial charge in [-0.05, 0) is 56.5 Å². The first-order valence-electron chi connectivity index (χ1n) is 10.2. The van der Waals surface area contributed by atoms with E-state index in [0.717, 1.165) is 12.8 Å². The summed E-state index contributed by atoms with van der Waals surface area (Å²) in [5.74, 6) is -0.173. The summed E-state index contributed by atoms with van der Waals surface area (Å²) in [5.41, 5.74) is 1.73. The Morgan fingerprint density at radius 1 is 1.03 bits per heavy atom. The van der Waals surface area contributed by atoms with Crippen molar-refractivity contribution < 1.29 is 13.2 Å². The van der Waals surface area contributed by atoms with Crippen LogP contribution in [-0.4, -0.2) is 38.3 Å². The predicted octanol–water partition coefficient (Wildman–Crippen LogP) is 3.96. The Morgan fingerprint density at radius 3 is 2.17 bits per heavy atom. The summed E-state index contributed by atoms with van der Waals surface area (Å²) in [4.78, 5) is 12.9. The molecule has 3 rings (SSSR count). The molecule has 2 aromatic carbocycles. The Kier molecular flexibility index (Phi) is 6.44. The maximum absolute atomic E-state index is 12.7. The van der Waals surface area contributed by atoms with Gasteiger partial charge in [-0.3, -0.25) is 4.79 Å². The number of nitrogens with one attached hydrogen (secondary N) is 1. The largest absolute Gasteiger partial charge is 0.351 e. The van der Waals surface area contributed by atoms with Crippen molar-refractivity contribution >= 4 is 15.9 Å². The Bertz CT molecular complexity index is 932. The van der Waals surface area contributed by atoms with Crippen LogP contribution in [0.4, 0.5) is 0 Å². The lowest BCUT2D eigenvalue weighted by molar-refractivity contribution is 0.0943. The molecule has 0 unspecified atom stereocenters. The summed E-state index contributed by atoms with van der Waals surface area (Å²) in [6.45, 7) is 4.24. The highest BCUT2D eigenvalue weighted by Crippen LogP contribution is 2.40. The van der Waals surface area contributed by atoms with Gasteiger partial charge in [-0.2, -0.15) is 4.31 Å². The van der Waals surface area contributed by atoms with Gasteiger partial charge in [-0.25, -0.2) is 8.42 Å². The number of benzene rings is 2. The Hall–Kier alpha value is -2.18. The molecule has 0 atom stereocenters. The molecule has 5 nitrogen and oxygen atoms in total. The van der Waals surface area contributed by atoms with Crippen LogP contribution in [0.2, 0.25) is 0 Å². The van der Waals surface area contributed by atoms with E-state index in [1.807, 2.05) is 32.0 Å². The molecule has 156 valence electrons. The fraction of sp³-hybridized carbons (Fsp3) is 0.435. The number of hydrogen-bond donors (Lipinski definition) is 1. The van der Waals surface area contributed by atoms with E-state index in [1.54, 1.807) is 19.2 Å². The predicted molar refractivity (Wildman–Crippen MR) is 115 cm³/mol. The van der Waals surface area contributed by atoms with Crippen LogP contribution in [0.5, 0.6) is 0 Å². The Labute approximate surface area is 174 Å². The van der Waals surface area contributed by atoms with Gasteiger partial charge >= 0.3 is 0 Å². The highest BCUT2D eigenvalue weighted by Gasteiger charge is 2.35. The van der Waals surface area contributed by atoms with Gasteiger partial charge in [0.05, 0.1) is 4.90 Å². The maximum atomic E-state index is 12.7. The Balaban J connectivity index is 1.71. The van der Waals surface area contributed by atoms with Crippen molar-refractivity contribution in [3.63, 3.8) is 0 Å². The van der Waals surface area contributed by atoms with E-state index in [0.29, 0.717) is 12.1 Å². The minimum atomic E-state index is -3.55. The molecular weight excluding hydrogens is 384 g/mol. The molecule has 1 amide bonds. The van der Waals surface area contributed by atoms with Crippen molar-refractivity contribution in [1.29, 1.82) is 0 Å². The van der Waals surface area contributed by atoms with Gasteiger partial charge in [-0.1, -0.05) is 43.2 Å². The molecule has 1 fully saturated rings. The summed E-state index contributed by atoms with van der Waals surface area (Å²) in [5, 5.41) is 3.08. The van der Waals surface area contributed by atoms with E-state index in [9.17, 15) is 13.2 Å². The minimum Gasteiger partial charge on any atom is -0.351 e. The molecule has 0 saturated heterocycles. The first-order chi connectivity index (χ1) is 13.8. The molecule has 29 heavy (non-hydrogen) atoms. The lowest BCUT2D eigenvalue weighted by atomic mass is 9.79. The quantitative estimate of drug-likeness (QED) is 0.746. The summed E-state index contributed by atoms with van der Waals surface area (Å²) in [7, 11) is -1.99. The number of nitrogens with zero attached hydrogens (tertiary/aromatic N) is 1. The molecule has 1 saturated carbocycles. The average molecular weight is 415 g/mol. The first-order valence-corrected chi connectivity index (χ1v) is 11.6. The topological polar surface area (TPSA) is 66.5 Å². The highest BCUT2D eigenvalue weighted by molar-refractivity contribution is 7.89. The number of carbonyl (C=O) groups excluding carboxylic acids is 1. The van der Waals surface area contributed by atoms with Crippen molar-refractivity contribution in [2.75, 3.05) is 13.6 Å². The minimum absolute atomic E-state index is 0.0137. The van der Waals surface area contributed by atoms with Crippen LogP contribution in [0, 0.1) is 0 Å². The number of rotatable bonds is 7. The smallest absolute Gasteiger partial charge is 0.251 e. The summed E-state index contributed by atoms with van der Waals surface area (Å²) in [6.07, 6.45) is 4.47. The van der Waals surface area contributed by atoms with Crippen molar-refractivity contribution in [2.24, 2.45) is 0 Å². The highest BCUT2D eigenvalue weighted by atomic mass is 32.2. The van der Waals surface area contributed by atoms with Gasteiger partial charge in [0.25, 0.3) is 5.91 Å². The van der Waals surface area contributed by atoms with Crippen LogP contribution >= 0.6 is 0 Å². The van der Waals surface area contributed by atoms with Crippen LogP contribution in [0.3, 0.4) is 0 Å². The van der Waals surface area contributed by atoms with Gasteiger partial charge in [0.2, 0.25) is 10.0 Å². The third-order valence-corrected chi connectivity index (χ3v) is 8.10. The fourth-order valence-corrected chi connectivity index (χ4v) is 5.35. The standard InChI is InChI=1S/C23H30N2O3S/c1-18(2)25(3)29(27,28)21-13-11-19(12-14-21)22(26)24-17-23(15-7-8-16-23)20-9-5-4-6-10-20/h4-6,9-14,18H,7-8,15-17H2,1-3H3,(H,24,26). The molecule has 1 N–H and O–H groups in total. The zero-order valence-corrected chi connectivity index (χ0v) is 18.2. The molecule has 0 spiro atoms. The fourth-order valence-electron chi connectivity index (χ4n) is 3.98. The van der Waals surface area contributed by atoms with Crippen molar-refractivity contribution in [2.45, 2.75) is 55.9 Å². The monoisotopic (exact) mass is 414 g/mol. The van der Waals surface area contributed by atoms with E-state index in [2.05, 4.69) is 17.4 Å². The van der Waals surface area contributed by atoms with Crippen LogP contribution in [0.1, 0.15) is 55.5 Å². The average Bonchev–Trinajstić information content (AvgIpc) is 3.22. The second kappa shape index (κ2) is 8.67. The van der Waals surface area contributed by atoms with Crippen LogP contribution in [0.25, 0.3) is 0 Å². The van der Waals surface area contributed by atoms with Crippen LogP contribution < -0.4 is 5.32 Å². The van der Waals surface area contributed by atoms with Crippen molar-refractivity contribution in [3.8, 4) is 0 Å². The van der Waals surface area contributed by atoms with Gasteiger partial charge in [0.1, 0.15) is 0 Å². The molecule has 6 heteroatoms. The molecule has 1 aliphatic rings. The van der Waals surface area contributed by atoms with E-state index >= 15 is 0 Å². The van der Waals surface area contributed by atoms with Gasteiger partial charge in [0, 0.05) is 30.6 Å². The van der Waals surface area contributed by atoms with E-state index in [1.165, 1.54) is 34.8 Å². The number of amides is 1. The molecule has 0 aliphatic heterocycles. The molecular formula is C23H30N2O3S. The SMILES string of the molecule is CC(C)N(C)S(=O)(=O)c1ccc(C(=O)NCC2(c3ccccc3)CCCC2)cc1. The number of hydrogen-bond acceptors (Lipinski definition) is 3. The third kappa shape index (κ3) is 4.54. The maximum Gasteiger partial charge on any atom is 0.251 e. The molecule has 0 radical (unpaired) electrons. The van der Waals surface area contributed by atoms with Crippen molar-refractivity contribution in [1.82, 2.24) is 9.62 Å². The van der Waals surface area contributed by atoms with Gasteiger partial charge in [0.15, 0.2) is 0 Å². The molecule has 0 aromatic heterocycles. The second-order valence-corrected chi connectivity index (χ2v) is 10.2. The number of carbonyl (C=O) groups is 1. The van der Waals surface area contributed by atoms with E-state index in [4.69, 9.17) is 0 Å². The van der Waals surface area contributed by atoms with Crippen LogP contribution in [-0.2, 0) is 15.4 Å². The third-order valence-electron chi connectivity index (χ3n) is 6.05. The Morgan fingerprint density at radius 2 is 1.62 bits per heavy atom. The molecule has 0 heterocycles. The zero-order valence-electron chi connectivity index (χ0n) is 17.4. The first kappa shape index (κ1) is 21.5. The van der Waals surface area contributed by atoms with Gasteiger partial charge < -0.3 is 5.32 Å². The summed E-state index contributed by atoms with van der Waals surface area (Å²) >= 11 is 0. The summed E-state index contributed by atoms with van der Waals surface area (Å²) < 4.78 is 26.5. The normalized spacial score (nSPS) is 16.3. The van der Waals surface area contributed by atoms with E-state index in [-0.39, 0.29) is 22.3 Å². The van der Waals surface area contributed by atoms with Crippen LogP contribution in [0.15, 0.2) is 59.5 Å². The second-order valence-electron chi connectivity index (χ2n) is 8.18. The lowest BCUT2D eigenvalue weighted by Crippen LogP contribution is -2.39. The van der Waals surface area contributed by atoms with Crippen molar-refractivity contribution in [3.05, 3.63) is 65.7 Å². The zero-order chi connectivity index (χ0) is 21.1. The molecule has 0 bridgehead atoms. The lowest BCUT2D eigenvalue weighted by Gasteiger charge is -2.30.